The topological polar surface area (TPSA) is 92.1 Å². The summed E-state index contributed by atoms with van der Waals surface area (Å²) in [4.78, 5) is 15.3. The molecular weight excluding hydrogens is 573 g/mol. The van der Waals surface area contributed by atoms with Crippen molar-refractivity contribution < 1.29 is 22.4 Å². The van der Waals surface area contributed by atoms with Gasteiger partial charge in [-0.25, -0.2) is 8.42 Å². The predicted octanol–water partition coefficient (Wildman–Crippen LogP) is 5.51. The highest BCUT2D eigenvalue weighted by molar-refractivity contribution is 7.92. The number of carbonyl (C=O) groups excluding carboxylic acids is 1. The largest absolute Gasteiger partial charge is 0.451 e. The van der Waals surface area contributed by atoms with Crippen LogP contribution in [0.25, 0.3) is 11.0 Å². The van der Waals surface area contributed by atoms with Crippen molar-refractivity contribution in [1.82, 2.24) is 10.2 Å². The number of anilines is 1. The molecule has 2 heterocycles. The third-order valence-corrected chi connectivity index (χ3v) is 9.16. The number of morpholine rings is 1. The van der Waals surface area contributed by atoms with Gasteiger partial charge in [0.05, 0.1) is 30.3 Å². The van der Waals surface area contributed by atoms with Gasteiger partial charge in [-0.2, -0.15) is 0 Å². The number of sulfonamides is 1. The van der Waals surface area contributed by atoms with Crippen molar-refractivity contribution in [3.63, 3.8) is 0 Å². The first-order valence-corrected chi connectivity index (χ1v) is 15.1. The van der Waals surface area contributed by atoms with Gasteiger partial charge in [0.2, 0.25) is 0 Å². The number of fused-ring (bicyclic) bond motifs is 1. The molecule has 0 unspecified atom stereocenters. The standard InChI is InChI=1S/C29H29Cl2N3O5S/c1-20-26-18-24(8-11-27(26)39-28(20)29(35)32-12-13-33-14-16-38-17-15-33)34(19-21-2-4-22(30)5-3-21)40(36,37)25-9-6-23(31)7-10-25/h2-11,18H,12-17,19H2,1H3,(H,32,35). The summed E-state index contributed by atoms with van der Waals surface area (Å²) in [6.45, 7) is 6.14. The first kappa shape index (κ1) is 28.4. The second-order valence-corrected chi connectivity index (χ2v) is 12.3. The van der Waals surface area contributed by atoms with Crippen molar-refractivity contribution in [2.45, 2.75) is 18.4 Å². The fraction of sp³-hybridized carbons (Fsp3) is 0.276. The maximum absolute atomic E-state index is 13.9. The van der Waals surface area contributed by atoms with Crippen LogP contribution in [0.4, 0.5) is 5.69 Å². The van der Waals surface area contributed by atoms with Gasteiger partial charge in [-0.05, 0) is 67.1 Å². The molecule has 5 rings (SSSR count). The summed E-state index contributed by atoms with van der Waals surface area (Å²) >= 11 is 12.1. The van der Waals surface area contributed by atoms with E-state index in [2.05, 4.69) is 10.2 Å². The van der Waals surface area contributed by atoms with E-state index in [0.29, 0.717) is 52.0 Å². The van der Waals surface area contributed by atoms with Crippen LogP contribution in [0.15, 0.2) is 76.0 Å². The third kappa shape index (κ3) is 6.29. The van der Waals surface area contributed by atoms with E-state index < -0.39 is 10.0 Å². The first-order chi connectivity index (χ1) is 19.2. The number of benzene rings is 3. The zero-order valence-corrected chi connectivity index (χ0v) is 24.2. The Morgan fingerprint density at radius 1 is 0.975 bits per heavy atom. The minimum absolute atomic E-state index is 0.0689. The second-order valence-electron chi connectivity index (χ2n) is 9.54. The summed E-state index contributed by atoms with van der Waals surface area (Å²) in [6.07, 6.45) is 0. The lowest BCUT2D eigenvalue weighted by Gasteiger charge is -2.26. The van der Waals surface area contributed by atoms with E-state index in [0.717, 1.165) is 25.2 Å². The van der Waals surface area contributed by atoms with Crippen molar-refractivity contribution in [1.29, 1.82) is 0 Å². The van der Waals surface area contributed by atoms with Gasteiger partial charge < -0.3 is 14.5 Å². The van der Waals surface area contributed by atoms with Gasteiger partial charge in [-0.15, -0.1) is 0 Å². The van der Waals surface area contributed by atoms with E-state index in [1.54, 1.807) is 61.5 Å². The van der Waals surface area contributed by atoms with E-state index in [9.17, 15) is 13.2 Å². The number of furan rings is 1. The molecule has 1 aliphatic rings. The van der Waals surface area contributed by atoms with Crippen LogP contribution < -0.4 is 9.62 Å². The van der Waals surface area contributed by atoms with Crippen LogP contribution >= 0.6 is 23.2 Å². The van der Waals surface area contributed by atoms with Crippen LogP contribution in [0.5, 0.6) is 0 Å². The maximum Gasteiger partial charge on any atom is 0.287 e. The van der Waals surface area contributed by atoms with E-state index in [-0.39, 0.29) is 23.1 Å². The van der Waals surface area contributed by atoms with Gasteiger partial charge >= 0.3 is 0 Å². The molecule has 1 saturated heterocycles. The number of nitrogens with zero attached hydrogens (tertiary/aromatic N) is 2. The van der Waals surface area contributed by atoms with Crippen molar-refractivity contribution in [3.8, 4) is 0 Å². The third-order valence-electron chi connectivity index (χ3n) is 6.87. The maximum atomic E-state index is 13.9. The fourth-order valence-electron chi connectivity index (χ4n) is 4.62. The van der Waals surface area contributed by atoms with Gasteiger partial charge in [0, 0.05) is 47.2 Å². The Balaban J connectivity index is 1.44. The molecule has 11 heteroatoms. The minimum Gasteiger partial charge on any atom is -0.451 e. The second kappa shape index (κ2) is 12.2. The highest BCUT2D eigenvalue weighted by Crippen LogP contribution is 2.33. The van der Waals surface area contributed by atoms with Gasteiger partial charge in [0.25, 0.3) is 15.9 Å². The molecule has 0 saturated carbocycles. The number of ether oxygens (including phenoxy) is 1. The van der Waals surface area contributed by atoms with Crippen LogP contribution in [-0.4, -0.2) is 58.6 Å². The molecule has 210 valence electrons. The zero-order chi connectivity index (χ0) is 28.3. The number of amides is 1. The Kier molecular flexibility index (Phi) is 8.68. The quantitative estimate of drug-likeness (QED) is 0.272. The van der Waals surface area contributed by atoms with Crippen molar-refractivity contribution in [2.24, 2.45) is 0 Å². The molecule has 0 bridgehead atoms. The van der Waals surface area contributed by atoms with Gasteiger partial charge in [-0.1, -0.05) is 35.3 Å². The number of nitrogens with one attached hydrogen (secondary N) is 1. The Labute approximate surface area is 243 Å². The molecule has 40 heavy (non-hydrogen) atoms. The number of halogens is 2. The Morgan fingerprint density at radius 2 is 1.62 bits per heavy atom. The van der Waals surface area contributed by atoms with Crippen LogP contribution in [0.1, 0.15) is 21.7 Å². The highest BCUT2D eigenvalue weighted by Gasteiger charge is 2.27. The van der Waals surface area contributed by atoms with Crippen LogP contribution in [-0.2, 0) is 21.3 Å². The van der Waals surface area contributed by atoms with Crippen molar-refractivity contribution >= 4 is 55.8 Å². The molecule has 4 aromatic rings. The molecule has 0 atom stereocenters. The van der Waals surface area contributed by atoms with E-state index in [4.69, 9.17) is 32.4 Å². The summed E-state index contributed by atoms with van der Waals surface area (Å²) in [7, 11) is -3.97. The predicted molar refractivity (Wildman–Crippen MR) is 157 cm³/mol. The van der Waals surface area contributed by atoms with E-state index in [1.165, 1.54) is 16.4 Å². The Bertz CT molecular complexity index is 1600. The average Bonchev–Trinajstić information content (AvgIpc) is 3.29. The van der Waals surface area contributed by atoms with E-state index >= 15 is 0 Å². The summed E-state index contributed by atoms with van der Waals surface area (Å²) in [5, 5.41) is 4.58. The number of hydrogen-bond donors (Lipinski definition) is 1. The van der Waals surface area contributed by atoms with Gasteiger partial charge in [0.1, 0.15) is 5.58 Å². The Hall–Kier alpha value is -3.08. The monoisotopic (exact) mass is 601 g/mol. The molecular formula is C29H29Cl2N3O5S. The number of aryl methyl sites for hydroxylation is 1. The van der Waals surface area contributed by atoms with Crippen LogP contribution in [0, 0.1) is 6.92 Å². The molecule has 1 amide bonds. The lowest BCUT2D eigenvalue weighted by Crippen LogP contribution is -2.41. The molecule has 1 aromatic heterocycles. The highest BCUT2D eigenvalue weighted by atomic mass is 35.5. The van der Waals surface area contributed by atoms with Gasteiger partial charge in [-0.3, -0.25) is 14.0 Å². The normalized spacial score (nSPS) is 14.4. The number of carbonyl (C=O) groups is 1. The molecule has 3 aromatic carbocycles. The van der Waals surface area contributed by atoms with Crippen molar-refractivity contribution in [3.05, 3.63) is 93.7 Å². The van der Waals surface area contributed by atoms with E-state index in [1.807, 2.05) is 0 Å². The molecule has 8 nitrogen and oxygen atoms in total. The smallest absolute Gasteiger partial charge is 0.287 e. The molecule has 0 aliphatic carbocycles. The summed E-state index contributed by atoms with van der Waals surface area (Å²) in [5.74, 6) is -0.103. The number of hydrogen-bond acceptors (Lipinski definition) is 6. The van der Waals surface area contributed by atoms with Crippen LogP contribution in [0.2, 0.25) is 10.0 Å². The summed E-state index contributed by atoms with van der Waals surface area (Å²) in [5.41, 5.74) is 2.32. The molecule has 0 spiro atoms. The lowest BCUT2D eigenvalue weighted by atomic mass is 10.1. The lowest BCUT2D eigenvalue weighted by molar-refractivity contribution is 0.0382. The summed E-state index contributed by atoms with van der Waals surface area (Å²) in [6, 6.07) is 18.2. The molecule has 1 N–H and O–H groups in total. The molecule has 1 aliphatic heterocycles. The number of rotatable bonds is 9. The first-order valence-electron chi connectivity index (χ1n) is 12.9. The minimum atomic E-state index is -3.97. The summed E-state index contributed by atoms with van der Waals surface area (Å²) < 4.78 is 40.3. The Morgan fingerprint density at radius 3 is 2.30 bits per heavy atom. The van der Waals surface area contributed by atoms with Crippen molar-refractivity contribution in [2.75, 3.05) is 43.7 Å². The van der Waals surface area contributed by atoms with Crippen LogP contribution in [0.3, 0.4) is 0 Å². The molecule has 0 radical (unpaired) electrons. The SMILES string of the molecule is Cc1c(C(=O)NCCN2CCOCC2)oc2ccc(N(Cc3ccc(Cl)cc3)S(=O)(=O)c3ccc(Cl)cc3)cc12. The fourth-order valence-corrected chi connectivity index (χ4v) is 6.31. The average molecular weight is 603 g/mol. The molecule has 1 fully saturated rings. The van der Waals surface area contributed by atoms with Gasteiger partial charge in [0.15, 0.2) is 5.76 Å². The zero-order valence-electron chi connectivity index (χ0n) is 21.9.